The second-order valence-electron chi connectivity index (χ2n) is 8.74. The van der Waals surface area contributed by atoms with E-state index in [1.165, 1.54) is 12.1 Å². The maximum atomic E-state index is 13.5. The molecule has 1 aliphatic rings. The van der Waals surface area contributed by atoms with Crippen LogP contribution in [-0.4, -0.2) is 39.5 Å². The Hall–Kier alpha value is -3.89. The van der Waals surface area contributed by atoms with Crippen LogP contribution in [0.5, 0.6) is 11.5 Å². The Bertz CT molecular complexity index is 1410. The van der Waals surface area contributed by atoms with Gasteiger partial charge in [-0.25, -0.2) is 8.42 Å². The lowest BCUT2D eigenvalue weighted by atomic mass is 10.0. The Labute approximate surface area is 222 Å². The molecule has 0 aliphatic carbocycles. The number of hydrogen-bond donors (Lipinski definition) is 3. The van der Waals surface area contributed by atoms with Crippen molar-refractivity contribution >= 4 is 33.2 Å². The number of benzene rings is 3. The van der Waals surface area contributed by atoms with Crippen molar-refractivity contribution in [3.63, 3.8) is 0 Å². The van der Waals surface area contributed by atoms with E-state index in [0.29, 0.717) is 42.5 Å². The summed E-state index contributed by atoms with van der Waals surface area (Å²) in [6.45, 7) is 4.52. The first-order valence-electron chi connectivity index (χ1n) is 12.5. The summed E-state index contributed by atoms with van der Waals surface area (Å²) in [5, 5.41) is 5.57. The summed E-state index contributed by atoms with van der Waals surface area (Å²) in [5.41, 5.74) is 2.49. The molecule has 1 heterocycles. The average molecular weight is 538 g/mol. The highest BCUT2D eigenvalue weighted by atomic mass is 32.2. The average Bonchev–Trinajstić information content (AvgIpc) is 2.90. The van der Waals surface area contributed by atoms with Gasteiger partial charge in [-0.2, -0.15) is 4.72 Å². The van der Waals surface area contributed by atoms with Gasteiger partial charge in [-0.3, -0.25) is 9.59 Å². The second kappa shape index (κ2) is 12.1. The molecule has 3 aromatic carbocycles. The number of hydrogen-bond acceptors (Lipinski definition) is 6. The van der Waals surface area contributed by atoms with Crippen LogP contribution in [0.3, 0.4) is 0 Å². The molecule has 0 unspecified atom stereocenters. The summed E-state index contributed by atoms with van der Waals surface area (Å²) in [7, 11) is -4.08. The van der Waals surface area contributed by atoms with E-state index in [1.54, 1.807) is 24.3 Å². The van der Waals surface area contributed by atoms with E-state index in [9.17, 15) is 18.0 Å². The fraction of sp³-hybridized carbons (Fsp3) is 0.286. The minimum absolute atomic E-state index is 0.0200. The smallest absolute Gasteiger partial charge is 0.243 e. The van der Waals surface area contributed by atoms with Crippen LogP contribution in [0.1, 0.15) is 31.4 Å². The van der Waals surface area contributed by atoms with E-state index in [-0.39, 0.29) is 23.6 Å². The molecule has 200 valence electrons. The lowest BCUT2D eigenvalue weighted by molar-refractivity contribution is -0.118. The van der Waals surface area contributed by atoms with Crippen molar-refractivity contribution in [2.24, 2.45) is 0 Å². The lowest BCUT2D eigenvalue weighted by Crippen LogP contribution is -2.45. The van der Waals surface area contributed by atoms with Gasteiger partial charge in [0.15, 0.2) is 0 Å². The number of sulfonamides is 1. The lowest BCUT2D eigenvalue weighted by Gasteiger charge is -2.21. The van der Waals surface area contributed by atoms with Crippen LogP contribution in [0.2, 0.25) is 0 Å². The van der Waals surface area contributed by atoms with Gasteiger partial charge in [0.1, 0.15) is 17.5 Å². The highest BCUT2D eigenvalue weighted by molar-refractivity contribution is 7.89. The molecule has 38 heavy (non-hydrogen) atoms. The number of fused-ring (bicyclic) bond motifs is 1. The minimum Gasteiger partial charge on any atom is -0.494 e. The number of ether oxygens (including phenoxy) is 2. The quantitative estimate of drug-likeness (QED) is 0.341. The Kier molecular flexibility index (Phi) is 8.65. The van der Waals surface area contributed by atoms with Crippen molar-refractivity contribution in [1.29, 1.82) is 0 Å². The SMILES string of the molecule is CCOc1ccc(OCC)c(NC(=O)[C@@H](Cc2ccccc2)NS(=O)(=O)c2ccc3c(c2)CCC(=O)N3)c1. The van der Waals surface area contributed by atoms with Crippen molar-refractivity contribution in [2.75, 3.05) is 23.8 Å². The normalized spacial score (nSPS) is 13.7. The first-order chi connectivity index (χ1) is 18.3. The monoisotopic (exact) mass is 537 g/mol. The standard InChI is InChI=1S/C28H31N3O6S/c1-3-36-21-11-14-26(37-4-2)24(18-21)30-28(33)25(16-19-8-6-5-7-9-19)31-38(34,35)22-12-13-23-20(17-22)10-15-27(32)29-23/h5-9,11-14,17-18,25,31H,3-4,10,15-16H2,1-2H3,(H,29,32)(H,30,33)/t25-/m1/s1. The first kappa shape index (κ1) is 27.2. The second-order valence-corrected chi connectivity index (χ2v) is 10.5. The van der Waals surface area contributed by atoms with E-state index in [2.05, 4.69) is 15.4 Å². The number of rotatable bonds is 11. The Morgan fingerprint density at radius 3 is 2.47 bits per heavy atom. The molecular formula is C28H31N3O6S. The van der Waals surface area contributed by atoms with Gasteiger partial charge in [-0.05, 0) is 68.1 Å². The Balaban J connectivity index is 1.62. The number of carbonyl (C=O) groups is 2. The highest BCUT2D eigenvalue weighted by Crippen LogP contribution is 2.30. The Morgan fingerprint density at radius 1 is 0.974 bits per heavy atom. The van der Waals surface area contributed by atoms with Gasteiger partial charge in [0.2, 0.25) is 21.8 Å². The van der Waals surface area contributed by atoms with E-state index in [0.717, 1.165) is 11.1 Å². The van der Waals surface area contributed by atoms with Crippen LogP contribution in [0.4, 0.5) is 11.4 Å². The molecule has 0 saturated carbocycles. The molecule has 0 bridgehead atoms. The van der Waals surface area contributed by atoms with Crippen molar-refractivity contribution in [3.05, 3.63) is 77.9 Å². The van der Waals surface area contributed by atoms with Gasteiger partial charge in [0, 0.05) is 18.2 Å². The zero-order chi connectivity index (χ0) is 27.1. The van der Waals surface area contributed by atoms with Gasteiger partial charge < -0.3 is 20.1 Å². The first-order valence-corrected chi connectivity index (χ1v) is 14.0. The highest BCUT2D eigenvalue weighted by Gasteiger charge is 2.28. The van der Waals surface area contributed by atoms with Gasteiger partial charge in [0.25, 0.3) is 0 Å². The molecule has 10 heteroatoms. The largest absolute Gasteiger partial charge is 0.494 e. The third-order valence-corrected chi connectivity index (χ3v) is 7.47. The van der Waals surface area contributed by atoms with Crippen molar-refractivity contribution < 1.29 is 27.5 Å². The van der Waals surface area contributed by atoms with Crippen LogP contribution < -0.4 is 24.8 Å². The third kappa shape index (κ3) is 6.70. The summed E-state index contributed by atoms with van der Waals surface area (Å²) in [4.78, 5) is 25.2. The van der Waals surface area contributed by atoms with Crippen molar-refractivity contribution in [3.8, 4) is 11.5 Å². The molecule has 0 aromatic heterocycles. The van der Waals surface area contributed by atoms with Crippen molar-refractivity contribution in [2.45, 2.75) is 44.0 Å². The summed E-state index contributed by atoms with van der Waals surface area (Å²) >= 11 is 0. The van der Waals surface area contributed by atoms with Gasteiger partial charge >= 0.3 is 0 Å². The predicted octanol–water partition coefficient (Wildman–Crippen LogP) is 3.90. The fourth-order valence-electron chi connectivity index (χ4n) is 4.18. The molecule has 3 N–H and O–H groups in total. The summed E-state index contributed by atoms with van der Waals surface area (Å²) in [6.07, 6.45) is 0.850. The molecule has 4 rings (SSSR count). The van der Waals surface area contributed by atoms with E-state index in [1.807, 2.05) is 44.2 Å². The fourth-order valence-corrected chi connectivity index (χ4v) is 5.43. The van der Waals surface area contributed by atoms with Crippen LogP contribution in [0.25, 0.3) is 0 Å². The molecule has 3 aromatic rings. The van der Waals surface area contributed by atoms with Crippen LogP contribution in [0, 0.1) is 0 Å². The van der Waals surface area contributed by atoms with Crippen LogP contribution >= 0.6 is 0 Å². The molecule has 0 spiro atoms. The molecule has 1 atom stereocenters. The third-order valence-electron chi connectivity index (χ3n) is 6.00. The molecule has 0 fully saturated rings. The number of anilines is 2. The molecule has 9 nitrogen and oxygen atoms in total. The summed E-state index contributed by atoms with van der Waals surface area (Å²) in [6, 6.07) is 17.7. The van der Waals surface area contributed by atoms with Crippen LogP contribution in [-0.2, 0) is 32.5 Å². The number of carbonyl (C=O) groups excluding carboxylic acids is 2. The maximum Gasteiger partial charge on any atom is 0.243 e. The number of aryl methyl sites for hydroxylation is 1. The number of amides is 2. The molecule has 0 radical (unpaired) electrons. The maximum absolute atomic E-state index is 13.5. The predicted molar refractivity (Wildman–Crippen MR) is 145 cm³/mol. The zero-order valence-electron chi connectivity index (χ0n) is 21.3. The molecular weight excluding hydrogens is 506 g/mol. The topological polar surface area (TPSA) is 123 Å². The van der Waals surface area contributed by atoms with Crippen molar-refractivity contribution in [1.82, 2.24) is 4.72 Å². The minimum atomic E-state index is -4.08. The Morgan fingerprint density at radius 2 is 1.74 bits per heavy atom. The zero-order valence-corrected chi connectivity index (χ0v) is 22.1. The molecule has 2 amide bonds. The van der Waals surface area contributed by atoms with E-state index in [4.69, 9.17) is 9.47 Å². The van der Waals surface area contributed by atoms with Gasteiger partial charge in [-0.1, -0.05) is 30.3 Å². The van der Waals surface area contributed by atoms with Gasteiger partial charge in [-0.15, -0.1) is 0 Å². The van der Waals surface area contributed by atoms with Gasteiger partial charge in [0.05, 0.1) is 23.8 Å². The van der Waals surface area contributed by atoms with E-state index < -0.39 is 22.0 Å². The molecule has 1 aliphatic heterocycles. The summed E-state index contributed by atoms with van der Waals surface area (Å²) < 4.78 is 40.7. The number of nitrogens with one attached hydrogen (secondary N) is 3. The summed E-state index contributed by atoms with van der Waals surface area (Å²) in [5.74, 6) is 0.345. The van der Waals surface area contributed by atoms with E-state index >= 15 is 0 Å². The van der Waals surface area contributed by atoms with Crippen LogP contribution in [0.15, 0.2) is 71.6 Å². The molecule has 0 saturated heterocycles.